The van der Waals surface area contributed by atoms with E-state index in [0.29, 0.717) is 15.8 Å². The van der Waals surface area contributed by atoms with Crippen LogP contribution in [-0.2, 0) is 19.6 Å². The van der Waals surface area contributed by atoms with Crippen molar-refractivity contribution in [1.29, 1.82) is 0 Å². The molecular weight excluding hydrogens is 403 g/mol. The van der Waals surface area contributed by atoms with Crippen molar-refractivity contribution in [2.75, 3.05) is 19.5 Å². The smallest absolute Gasteiger partial charge is 0.267 e. The van der Waals surface area contributed by atoms with E-state index in [-0.39, 0.29) is 23.4 Å². The summed E-state index contributed by atoms with van der Waals surface area (Å²) in [6, 6.07) is 7.56. The minimum Gasteiger partial charge on any atom is -0.497 e. The highest BCUT2D eigenvalue weighted by atomic mass is 32.2. The van der Waals surface area contributed by atoms with Gasteiger partial charge in [-0.25, -0.2) is 17.1 Å². The topological polar surface area (TPSA) is 102 Å². The predicted molar refractivity (Wildman–Crippen MR) is 102 cm³/mol. The Labute approximate surface area is 167 Å². The predicted octanol–water partition coefficient (Wildman–Crippen LogP) is 2.16. The molecule has 29 heavy (non-hydrogen) atoms. The molecule has 10 heteroatoms. The first-order chi connectivity index (χ1) is 13.8. The second kappa shape index (κ2) is 8.08. The first-order valence-corrected chi connectivity index (χ1v) is 10.1. The van der Waals surface area contributed by atoms with Crippen molar-refractivity contribution in [2.45, 2.75) is 23.8 Å². The Morgan fingerprint density at radius 3 is 2.45 bits per heavy atom. The Hall–Kier alpha value is -3.14. The van der Waals surface area contributed by atoms with Gasteiger partial charge in [0.1, 0.15) is 23.4 Å². The molecule has 154 valence electrons. The summed E-state index contributed by atoms with van der Waals surface area (Å²) in [5.41, 5.74) is 0.273. The van der Waals surface area contributed by atoms with Gasteiger partial charge in [0.25, 0.3) is 10.0 Å². The second-order valence-corrected chi connectivity index (χ2v) is 8.07. The molecule has 2 amide bonds. The lowest BCUT2D eigenvalue weighted by Crippen LogP contribution is -2.45. The van der Waals surface area contributed by atoms with E-state index in [0.717, 1.165) is 24.3 Å². The Balaban J connectivity index is 1.91. The fourth-order valence-corrected chi connectivity index (χ4v) is 4.65. The summed E-state index contributed by atoms with van der Waals surface area (Å²) in [6.45, 7) is 0. The number of amides is 2. The average Bonchev–Trinajstić information content (AvgIpc) is 3.10. The van der Waals surface area contributed by atoms with Gasteiger partial charge in [-0.1, -0.05) is 0 Å². The number of hydrogen-bond acceptors (Lipinski definition) is 6. The van der Waals surface area contributed by atoms with Gasteiger partial charge in [-0.05, 0) is 42.8 Å². The lowest BCUT2D eigenvalue weighted by molar-refractivity contribution is -0.128. The van der Waals surface area contributed by atoms with Crippen LogP contribution in [0.1, 0.15) is 12.8 Å². The molecule has 0 bridgehead atoms. The minimum absolute atomic E-state index is 0.0252. The minimum atomic E-state index is -4.32. The van der Waals surface area contributed by atoms with E-state index in [1.807, 2.05) is 0 Å². The van der Waals surface area contributed by atoms with Crippen LogP contribution in [0, 0.1) is 5.82 Å². The van der Waals surface area contributed by atoms with E-state index >= 15 is 0 Å². The van der Waals surface area contributed by atoms with Gasteiger partial charge in [0.05, 0.1) is 24.8 Å². The lowest BCUT2D eigenvalue weighted by Gasteiger charge is -2.24. The van der Waals surface area contributed by atoms with E-state index in [4.69, 9.17) is 9.47 Å². The highest BCUT2D eigenvalue weighted by Gasteiger charge is 2.44. The van der Waals surface area contributed by atoms with Crippen LogP contribution in [0.4, 0.5) is 10.1 Å². The van der Waals surface area contributed by atoms with Crippen molar-refractivity contribution in [2.24, 2.45) is 0 Å². The first kappa shape index (κ1) is 20.6. The molecule has 1 N–H and O–H groups in total. The molecule has 0 saturated carbocycles. The Morgan fingerprint density at radius 1 is 1.14 bits per heavy atom. The summed E-state index contributed by atoms with van der Waals surface area (Å²) >= 11 is 0. The summed E-state index contributed by atoms with van der Waals surface area (Å²) in [5.74, 6) is -1.20. The number of carbonyl (C=O) groups is 2. The second-order valence-electron chi connectivity index (χ2n) is 6.26. The summed E-state index contributed by atoms with van der Waals surface area (Å²) in [4.78, 5) is 24.9. The van der Waals surface area contributed by atoms with Gasteiger partial charge in [0, 0.05) is 12.5 Å². The summed E-state index contributed by atoms with van der Waals surface area (Å²) in [6.07, 6.45) is -0.0782. The zero-order valence-corrected chi connectivity index (χ0v) is 16.5. The van der Waals surface area contributed by atoms with Gasteiger partial charge < -0.3 is 14.8 Å². The van der Waals surface area contributed by atoms with Crippen molar-refractivity contribution >= 4 is 27.5 Å². The highest BCUT2D eigenvalue weighted by Crippen LogP contribution is 2.32. The average molecular weight is 422 g/mol. The summed E-state index contributed by atoms with van der Waals surface area (Å²) in [5, 5.41) is 2.60. The van der Waals surface area contributed by atoms with E-state index < -0.39 is 33.7 Å². The number of rotatable bonds is 6. The largest absolute Gasteiger partial charge is 0.497 e. The number of carbonyl (C=O) groups excluding carboxylic acids is 2. The number of hydrogen-bond donors (Lipinski definition) is 1. The maximum atomic E-state index is 13.1. The number of nitrogens with one attached hydrogen (secondary N) is 1. The number of halogens is 1. The van der Waals surface area contributed by atoms with Crippen LogP contribution in [0.15, 0.2) is 47.4 Å². The first-order valence-electron chi connectivity index (χ1n) is 8.63. The van der Waals surface area contributed by atoms with Gasteiger partial charge in [-0.3, -0.25) is 9.59 Å². The van der Waals surface area contributed by atoms with Gasteiger partial charge in [0.2, 0.25) is 11.8 Å². The number of anilines is 1. The maximum absolute atomic E-state index is 13.1. The molecule has 1 atom stereocenters. The van der Waals surface area contributed by atoms with Crippen molar-refractivity contribution in [1.82, 2.24) is 4.31 Å². The molecule has 0 aliphatic carbocycles. The number of methoxy groups -OCH3 is 2. The molecule has 0 spiro atoms. The highest BCUT2D eigenvalue weighted by molar-refractivity contribution is 7.89. The van der Waals surface area contributed by atoms with E-state index in [1.54, 1.807) is 12.1 Å². The third kappa shape index (κ3) is 4.02. The number of ether oxygens (including phenoxy) is 2. The number of nitrogens with zero attached hydrogens (tertiary/aromatic N) is 1. The molecular formula is C19H19FN2O6S. The maximum Gasteiger partial charge on any atom is 0.267 e. The SMILES string of the molecule is COc1ccc(OC)c(NC(=O)C2CCC(=O)N2S(=O)(=O)c2ccc(F)cc2)c1. The number of benzene rings is 2. The molecule has 1 unspecified atom stereocenters. The van der Waals surface area contributed by atoms with Crippen LogP contribution < -0.4 is 14.8 Å². The molecule has 2 aromatic carbocycles. The van der Waals surface area contributed by atoms with Crippen molar-refractivity contribution < 1.29 is 31.9 Å². The monoisotopic (exact) mass is 422 g/mol. The van der Waals surface area contributed by atoms with Crippen LogP contribution in [0.2, 0.25) is 0 Å². The van der Waals surface area contributed by atoms with Gasteiger partial charge >= 0.3 is 0 Å². The fraction of sp³-hybridized carbons (Fsp3) is 0.263. The molecule has 1 saturated heterocycles. The van der Waals surface area contributed by atoms with Crippen molar-refractivity contribution in [3.8, 4) is 11.5 Å². The van der Waals surface area contributed by atoms with Crippen molar-refractivity contribution in [3.05, 3.63) is 48.3 Å². The normalized spacial score (nSPS) is 16.6. The standard InChI is InChI=1S/C19H19FN2O6S/c1-27-13-5-9-17(28-2)15(11-13)21-19(24)16-8-10-18(23)22(16)29(25,26)14-6-3-12(20)4-7-14/h3-7,9,11,16H,8,10H2,1-2H3,(H,21,24). The Morgan fingerprint density at radius 2 is 1.83 bits per heavy atom. The van der Waals surface area contributed by atoms with E-state index in [9.17, 15) is 22.4 Å². The molecule has 0 radical (unpaired) electrons. The van der Waals surface area contributed by atoms with Crippen molar-refractivity contribution in [3.63, 3.8) is 0 Å². The third-order valence-corrected chi connectivity index (χ3v) is 6.34. The molecule has 0 aromatic heterocycles. The van der Waals surface area contributed by atoms with Gasteiger partial charge in [-0.15, -0.1) is 0 Å². The quantitative estimate of drug-likeness (QED) is 0.766. The van der Waals surface area contributed by atoms with E-state index in [2.05, 4.69) is 5.32 Å². The van der Waals surface area contributed by atoms with Crippen LogP contribution in [-0.4, -0.2) is 44.8 Å². The Bertz CT molecular complexity index is 1040. The zero-order chi connectivity index (χ0) is 21.2. The van der Waals surface area contributed by atoms with Crippen LogP contribution in [0.5, 0.6) is 11.5 Å². The zero-order valence-electron chi connectivity index (χ0n) is 15.7. The van der Waals surface area contributed by atoms with E-state index in [1.165, 1.54) is 20.3 Å². The molecule has 3 rings (SSSR count). The molecule has 8 nitrogen and oxygen atoms in total. The molecule has 1 aliphatic rings. The third-order valence-electron chi connectivity index (χ3n) is 4.50. The molecule has 1 heterocycles. The Kier molecular flexibility index (Phi) is 5.73. The number of sulfonamides is 1. The summed E-state index contributed by atoms with van der Waals surface area (Å²) in [7, 11) is -1.44. The van der Waals surface area contributed by atoms with Crippen LogP contribution in [0.3, 0.4) is 0 Å². The van der Waals surface area contributed by atoms with Gasteiger partial charge in [0.15, 0.2) is 0 Å². The fourth-order valence-electron chi connectivity index (χ4n) is 3.05. The molecule has 1 fully saturated rings. The van der Waals surface area contributed by atoms with Crippen LogP contribution >= 0.6 is 0 Å². The van der Waals surface area contributed by atoms with Gasteiger partial charge in [-0.2, -0.15) is 0 Å². The molecule has 1 aliphatic heterocycles. The lowest BCUT2D eigenvalue weighted by atomic mass is 10.2. The molecule has 2 aromatic rings. The van der Waals surface area contributed by atoms with Crippen LogP contribution in [0.25, 0.3) is 0 Å². The summed E-state index contributed by atoms with van der Waals surface area (Å²) < 4.78 is 49.8.